The van der Waals surface area contributed by atoms with Crippen LogP contribution in [0, 0.1) is 5.92 Å². The number of rotatable bonds is 11. The molecule has 1 aliphatic heterocycles. The van der Waals surface area contributed by atoms with Gasteiger partial charge in [-0.2, -0.15) is 0 Å². The molecule has 30 heavy (non-hydrogen) atoms. The van der Waals surface area contributed by atoms with Gasteiger partial charge < -0.3 is 32.1 Å². The zero-order valence-corrected chi connectivity index (χ0v) is 17.7. The molecule has 0 bridgehead atoms. The molecule has 0 aromatic heterocycles. The quantitative estimate of drug-likeness (QED) is 0.271. The summed E-state index contributed by atoms with van der Waals surface area (Å²) in [6, 6.07) is -3.85. The average molecular weight is 428 g/mol. The molecule has 7 N–H and O–H groups in total. The van der Waals surface area contributed by atoms with Gasteiger partial charge in [0.2, 0.25) is 23.6 Å². The molecule has 1 saturated heterocycles. The smallest absolute Gasteiger partial charge is 0.326 e. The molecule has 4 amide bonds. The van der Waals surface area contributed by atoms with Gasteiger partial charge in [0.1, 0.15) is 18.1 Å². The maximum Gasteiger partial charge on any atom is 0.326 e. The van der Waals surface area contributed by atoms with Crippen LogP contribution in [-0.2, 0) is 24.0 Å². The summed E-state index contributed by atoms with van der Waals surface area (Å²) >= 11 is 0. The van der Waals surface area contributed by atoms with Gasteiger partial charge in [0.25, 0.3) is 0 Å². The van der Waals surface area contributed by atoms with Crippen molar-refractivity contribution in [3.8, 4) is 0 Å². The number of hydrogen-bond donors (Lipinski definition) is 5. The first-order valence-electron chi connectivity index (χ1n) is 10.2. The Bertz CT molecular complexity index is 668. The van der Waals surface area contributed by atoms with Crippen LogP contribution >= 0.6 is 0 Å². The van der Waals surface area contributed by atoms with E-state index in [0.717, 1.165) is 0 Å². The number of primary amides is 1. The minimum Gasteiger partial charge on any atom is -0.480 e. The second-order valence-electron chi connectivity index (χ2n) is 7.75. The number of likely N-dealkylation sites (tertiary alicyclic amines) is 1. The van der Waals surface area contributed by atoms with E-state index in [0.29, 0.717) is 25.8 Å². The molecule has 1 aliphatic rings. The van der Waals surface area contributed by atoms with E-state index in [4.69, 9.17) is 11.5 Å². The standard InChI is InChI=1S/C19H33N5O6/c1-4-10(2)15(19(29)30)23-16(26)12(7-8-14(21)25)22-17(27)13-6-5-9-24(13)18(28)11(3)20/h10-13,15H,4-9,20H2,1-3H3,(H2,21,25)(H,22,27)(H,23,26)(H,29,30). The van der Waals surface area contributed by atoms with Gasteiger partial charge >= 0.3 is 5.97 Å². The van der Waals surface area contributed by atoms with E-state index >= 15 is 0 Å². The molecule has 11 heteroatoms. The van der Waals surface area contributed by atoms with Gasteiger partial charge in [-0.05, 0) is 32.1 Å². The lowest BCUT2D eigenvalue weighted by molar-refractivity contribution is -0.144. The summed E-state index contributed by atoms with van der Waals surface area (Å²) < 4.78 is 0. The number of nitrogens with two attached hydrogens (primary N) is 2. The maximum absolute atomic E-state index is 12.8. The molecule has 0 saturated carbocycles. The summed E-state index contributed by atoms with van der Waals surface area (Å²) in [6.45, 7) is 5.39. The second-order valence-corrected chi connectivity index (χ2v) is 7.75. The Morgan fingerprint density at radius 3 is 2.30 bits per heavy atom. The third-order valence-electron chi connectivity index (χ3n) is 5.32. The Morgan fingerprint density at radius 2 is 1.80 bits per heavy atom. The number of carbonyl (C=O) groups excluding carboxylic acids is 4. The third kappa shape index (κ3) is 6.97. The lowest BCUT2D eigenvalue weighted by Crippen LogP contribution is -2.57. The number of nitrogens with one attached hydrogen (secondary N) is 2. The lowest BCUT2D eigenvalue weighted by Gasteiger charge is -2.28. The first-order valence-corrected chi connectivity index (χ1v) is 10.2. The first kappa shape index (κ1) is 25.3. The fourth-order valence-corrected chi connectivity index (χ4v) is 3.32. The number of hydrogen-bond acceptors (Lipinski definition) is 6. The van der Waals surface area contributed by atoms with E-state index in [1.807, 2.05) is 0 Å². The Labute approximate surface area is 175 Å². The molecule has 1 rings (SSSR count). The topological polar surface area (TPSA) is 185 Å². The SMILES string of the molecule is CCC(C)C(NC(=O)C(CCC(N)=O)NC(=O)C1CCCN1C(=O)C(C)N)C(=O)O. The predicted octanol–water partition coefficient (Wildman–Crippen LogP) is -1.31. The van der Waals surface area contributed by atoms with Gasteiger partial charge in [-0.15, -0.1) is 0 Å². The molecule has 1 heterocycles. The van der Waals surface area contributed by atoms with E-state index in [2.05, 4.69) is 10.6 Å². The van der Waals surface area contributed by atoms with Crippen molar-refractivity contribution in [1.29, 1.82) is 0 Å². The van der Waals surface area contributed by atoms with E-state index in [1.54, 1.807) is 13.8 Å². The number of carboxylic acid groups (broad SMARTS) is 1. The van der Waals surface area contributed by atoms with Gasteiger partial charge in [-0.3, -0.25) is 19.2 Å². The van der Waals surface area contributed by atoms with Crippen molar-refractivity contribution < 1.29 is 29.1 Å². The van der Waals surface area contributed by atoms with Crippen LogP contribution in [0.4, 0.5) is 0 Å². The van der Waals surface area contributed by atoms with Crippen molar-refractivity contribution in [2.45, 2.75) is 77.0 Å². The van der Waals surface area contributed by atoms with Gasteiger partial charge in [0.05, 0.1) is 6.04 Å². The van der Waals surface area contributed by atoms with Gasteiger partial charge in [-0.25, -0.2) is 4.79 Å². The van der Waals surface area contributed by atoms with Crippen LogP contribution < -0.4 is 22.1 Å². The summed E-state index contributed by atoms with van der Waals surface area (Å²) in [5.74, 6) is -3.83. The van der Waals surface area contributed by atoms with E-state index in [-0.39, 0.29) is 24.7 Å². The number of amides is 4. The molecule has 0 spiro atoms. The van der Waals surface area contributed by atoms with Crippen LogP contribution in [0.15, 0.2) is 0 Å². The van der Waals surface area contributed by atoms with E-state index in [1.165, 1.54) is 11.8 Å². The highest BCUT2D eigenvalue weighted by atomic mass is 16.4. The van der Waals surface area contributed by atoms with Crippen LogP contribution in [0.1, 0.15) is 52.9 Å². The summed E-state index contributed by atoms with van der Waals surface area (Å²) in [7, 11) is 0. The van der Waals surface area contributed by atoms with Crippen LogP contribution in [0.2, 0.25) is 0 Å². The fourth-order valence-electron chi connectivity index (χ4n) is 3.32. The fraction of sp³-hybridized carbons (Fsp3) is 0.737. The van der Waals surface area contributed by atoms with E-state index < -0.39 is 47.9 Å². The number of carbonyl (C=O) groups is 5. The zero-order chi connectivity index (χ0) is 23.0. The van der Waals surface area contributed by atoms with Crippen LogP contribution in [0.5, 0.6) is 0 Å². The molecule has 0 radical (unpaired) electrons. The van der Waals surface area contributed by atoms with Crippen LogP contribution in [0.3, 0.4) is 0 Å². The minimum atomic E-state index is -1.19. The van der Waals surface area contributed by atoms with Crippen molar-refractivity contribution in [1.82, 2.24) is 15.5 Å². The molecule has 11 nitrogen and oxygen atoms in total. The summed E-state index contributed by atoms with van der Waals surface area (Å²) in [6.07, 6.45) is 1.29. The average Bonchev–Trinajstić information content (AvgIpc) is 3.16. The molecule has 0 aliphatic carbocycles. The molecule has 1 fully saturated rings. The molecule has 0 aromatic rings. The van der Waals surface area contributed by atoms with Crippen LogP contribution in [0.25, 0.3) is 0 Å². The zero-order valence-electron chi connectivity index (χ0n) is 17.7. The van der Waals surface area contributed by atoms with Crippen molar-refractivity contribution in [2.24, 2.45) is 17.4 Å². The Morgan fingerprint density at radius 1 is 1.17 bits per heavy atom. The molecule has 0 aromatic carbocycles. The Hall–Kier alpha value is -2.69. The monoisotopic (exact) mass is 427 g/mol. The summed E-state index contributed by atoms with van der Waals surface area (Å²) in [4.78, 5) is 61.8. The Kier molecular flexibility index (Phi) is 9.70. The normalized spacial score (nSPS) is 20.0. The number of carboxylic acids is 1. The van der Waals surface area contributed by atoms with Crippen molar-refractivity contribution in [3.05, 3.63) is 0 Å². The highest BCUT2D eigenvalue weighted by Crippen LogP contribution is 2.19. The predicted molar refractivity (Wildman–Crippen MR) is 108 cm³/mol. The third-order valence-corrected chi connectivity index (χ3v) is 5.32. The molecule has 5 atom stereocenters. The molecular weight excluding hydrogens is 394 g/mol. The summed E-state index contributed by atoms with van der Waals surface area (Å²) in [5.41, 5.74) is 10.8. The van der Waals surface area contributed by atoms with Crippen LogP contribution in [-0.4, -0.2) is 70.3 Å². The first-order chi connectivity index (χ1) is 14.0. The highest BCUT2D eigenvalue weighted by Gasteiger charge is 2.37. The molecule has 170 valence electrons. The second kappa shape index (κ2) is 11.5. The largest absolute Gasteiger partial charge is 0.480 e. The van der Waals surface area contributed by atoms with Crippen molar-refractivity contribution in [3.63, 3.8) is 0 Å². The molecular formula is C19H33N5O6. The highest BCUT2D eigenvalue weighted by molar-refractivity contribution is 5.94. The van der Waals surface area contributed by atoms with Gasteiger partial charge in [0, 0.05) is 13.0 Å². The van der Waals surface area contributed by atoms with Gasteiger partial charge in [-0.1, -0.05) is 20.3 Å². The van der Waals surface area contributed by atoms with Gasteiger partial charge in [0.15, 0.2) is 0 Å². The lowest BCUT2D eigenvalue weighted by atomic mass is 9.98. The number of nitrogens with zero attached hydrogens (tertiary/aromatic N) is 1. The Balaban J connectivity index is 2.95. The minimum absolute atomic E-state index is 0.0896. The maximum atomic E-state index is 12.8. The van der Waals surface area contributed by atoms with E-state index in [9.17, 15) is 29.1 Å². The van der Waals surface area contributed by atoms with Crippen molar-refractivity contribution in [2.75, 3.05) is 6.54 Å². The summed E-state index contributed by atoms with van der Waals surface area (Å²) in [5, 5.41) is 14.4. The van der Waals surface area contributed by atoms with Crippen molar-refractivity contribution >= 4 is 29.6 Å². The number of aliphatic carboxylic acids is 1. The molecule has 5 unspecified atom stereocenters.